The van der Waals surface area contributed by atoms with Crippen molar-refractivity contribution in [2.24, 2.45) is 11.7 Å². The molecule has 0 spiro atoms. The first-order chi connectivity index (χ1) is 24.5. The molecule has 4 amide bonds. The molecule has 1 aliphatic carbocycles. The summed E-state index contributed by atoms with van der Waals surface area (Å²) in [5.41, 5.74) is 6.12. The molecule has 4 bridgehead atoms. The van der Waals surface area contributed by atoms with Crippen molar-refractivity contribution < 1.29 is 48.3 Å². The summed E-state index contributed by atoms with van der Waals surface area (Å²) in [6.07, 6.45) is 8.70. The molecule has 290 valence electrons. The number of ketones is 1. The number of alkyl carbamates (subject to hydrolysis) is 1. The number of aliphatic hydroxyl groups is 1. The number of cyclic esters (lactones) is 1. The van der Waals surface area contributed by atoms with Crippen molar-refractivity contribution in [1.29, 1.82) is 0 Å². The minimum absolute atomic E-state index is 0. The number of nitrogens with one attached hydrogen (secondary N) is 2. The highest BCUT2D eigenvalue weighted by atomic mass is 16.5. The second-order valence-electron chi connectivity index (χ2n) is 12.6. The summed E-state index contributed by atoms with van der Waals surface area (Å²) in [4.78, 5) is 71.7. The van der Waals surface area contributed by atoms with E-state index in [1.54, 1.807) is 26.1 Å². The maximum Gasteiger partial charge on any atom is 0.407 e. The Bertz CT molecular complexity index is 1670. The summed E-state index contributed by atoms with van der Waals surface area (Å²) < 4.78 is 11.8. The van der Waals surface area contributed by atoms with Gasteiger partial charge in [0, 0.05) is 41.7 Å². The molecule has 5 atom stereocenters. The number of nitrogens with zero attached hydrogens (tertiary/aromatic N) is 2. The summed E-state index contributed by atoms with van der Waals surface area (Å²) >= 11 is 0. The van der Waals surface area contributed by atoms with E-state index in [0.29, 0.717) is 25.1 Å². The fourth-order valence-electron chi connectivity index (χ4n) is 6.16. The maximum atomic E-state index is 14.2. The number of allylic oxidation sites excluding steroid dienone is 3. The molecule has 14 nitrogen and oxygen atoms in total. The van der Waals surface area contributed by atoms with Gasteiger partial charge in [0.05, 0.1) is 13.2 Å². The van der Waals surface area contributed by atoms with Crippen LogP contribution in [0.5, 0.6) is 5.88 Å². The van der Waals surface area contributed by atoms with Crippen LogP contribution in [0, 0.1) is 5.92 Å². The molecule has 0 radical (unpaired) electrons. The van der Waals surface area contributed by atoms with E-state index in [-0.39, 0.29) is 53.9 Å². The lowest BCUT2D eigenvalue weighted by Crippen LogP contribution is -2.57. The molecular formula is C38H59N5O9. The molecule has 1 saturated heterocycles. The van der Waals surface area contributed by atoms with Crippen molar-refractivity contribution in [3.05, 3.63) is 66.4 Å². The molecule has 2 aromatic rings. The van der Waals surface area contributed by atoms with E-state index >= 15 is 0 Å². The summed E-state index contributed by atoms with van der Waals surface area (Å²) in [7, 11) is 1.00. The number of amides is 4. The van der Waals surface area contributed by atoms with Crippen LogP contribution in [-0.2, 0) is 23.9 Å². The zero-order valence-electron chi connectivity index (χ0n) is 30.6. The predicted molar refractivity (Wildman–Crippen MR) is 204 cm³/mol. The second-order valence-corrected chi connectivity index (χ2v) is 12.6. The van der Waals surface area contributed by atoms with Crippen molar-refractivity contribution in [3.8, 4) is 5.88 Å². The fraction of sp³-hybridized carbons (Fsp3) is 0.474. The van der Waals surface area contributed by atoms with E-state index in [4.69, 9.17) is 20.3 Å². The highest BCUT2D eigenvalue weighted by molar-refractivity contribution is 5.98. The van der Waals surface area contributed by atoms with Crippen LogP contribution in [0.15, 0.2) is 60.8 Å². The molecule has 2 fully saturated rings. The number of aromatic nitrogens is 1. The zero-order chi connectivity index (χ0) is 37.7. The molecule has 1 saturated carbocycles. The quantitative estimate of drug-likeness (QED) is 0.228. The number of pyridine rings is 1. The first-order valence-electron chi connectivity index (χ1n) is 17.3. The summed E-state index contributed by atoms with van der Waals surface area (Å²) in [5.74, 6) is -2.05. The molecule has 3 heterocycles. The Morgan fingerprint density at radius 1 is 1.21 bits per heavy atom. The van der Waals surface area contributed by atoms with Crippen LogP contribution in [0.25, 0.3) is 16.8 Å². The van der Waals surface area contributed by atoms with Crippen LogP contribution in [0.2, 0.25) is 0 Å². The van der Waals surface area contributed by atoms with Gasteiger partial charge in [-0.2, -0.15) is 0 Å². The second kappa shape index (κ2) is 20.1. The standard InChI is InChI=1S/C35H41N5O7.C2H6.CH4O.H2O.3H2/c1-4-24-19-35(24,33(36)44)39-30(42)29-18-26-20-40(29)32(43)28(12-11-25(41)16-21(2)3)38-34(45)46-15-7-5-6-8-22-9-10-23-13-14-37-31(47-26)27(23)17-22;2*1-2;;;;/h4,6,8-10,13-14,16-17,24,26,28-29H,1,5,7,11-12,15,18-20H2,2-3H3,(H2,36,44)(H,38,45)(H,39,42);1-2H3;2H,1H3;1H2;3*1H/b8-6+;;;;;;/t24-,26-,28+,29+,35-;;;;;;/m1....../s1. The van der Waals surface area contributed by atoms with Gasteiger partial charge in [0.15, 0.2) is 5.78 Å². The number of hydrogen-bond acceptors (Lipinski definition) is 9. The van der Waals surface area contributed by atoms with Gasteiger partial charge in [-0.05, 0) is 68.7 Å². The lowest BCUT2D eigenvalue weighted by Gasteiger charge is -2.29. The number of benzene rings is 1. The van der Waals surface area contributed by atoms with Crippen LogP contribution < -0.4 is 21.1 Å². The van der Waals surface area contributed by atoms with E-state index in [1.807, 2.05) is 50.3 Å². The van der Waals surface area contributed by atoms with Crippen LogP contribution in [0.3, 0.4) is 0 Å². The van der Waals surface area contributed by atoms with Crippen molar-refractivity contribution >= 4 is 46.4 Å². The van der Waals surface area contributed by atoms with Gasteiger partial charge < -0.3 is 41.3 Å². The lowest BCUT2D eigenvalue weighted by atomic mass is 10.1. The first kappa shape index (κ1) is 43.1. The van der Waals surface area contributed by atoms with Crippen LogP contribution in [0.4, 0.5) is 4.79 Å². The van der Waals surface area contributed by atoms with Crippen molar-refractivity contribution in [3.63, 3.8) is 0 Å². The van der Waals surface area contributed by atoms with Crippen LogP contribution >= 0.6 is 0 Å². The van der Waals surface area contributed by atoms with E-state index in [2.05, 4.69) is 22.2 Å². The van der Waals surface area contributed by atoms with Crippen LogP contribution in [-0.4, -0.2) is 94.1 Å². The first-order valence-corrected chi connectivity index (χ1v) is 17.3. The minimum Gasteiger partial charge on any atom is -0.472 e. The third kappa shape index (κ3) is 10.7. The number of hydrogen-bond donors (Lipinski definition) is 4. The van der Waals surface area contributed by atoms with Gasteiger partial charge in [0.25, 0.3) is 0 Å². The van der Waals surface area contributed by atoms with Crippen molar-refractivity contribution in [2.45, 2.75) is 89.9 Å². The van der Waals surface area contributed by atoms with Gasteiger partial charge in [0.2, 0.25) is 23.6 Å². The molecule has 1 aromatic heterocycles. The van der Waals surface area contributed by atoms with Crippen molar-refractivity contribution in [1.82, 2.24) is 20.5 Å². The van der Waals surface area contributed by atoms with Gasteiger partial charge >= 0.3 is 6.09 Å². The smallest absolute Gasteiger partial charge is 0.407 e. The molecule has 3 aliphatic rings. The van der Waals surface area contributed by atoms with Gasteiger partial charge in [-0.3, -0.25) is 19.2 Å². The van der Waals surface area contributed by atoms with Crippen molar-refractivity contribution in [2.75, 3.05) is 20.3 Å². The number of ether oxygens (including phenoxy) is 2. The van der Waals surface area contributed by atoms with Crippen LogP contribution in [0.1, 0.15) is 76.1 Å². The van der Waals surface area contributed by atoms with Gasteiger partial charge in [-0.15, -0.1) is 6.58 Å². The Labute approximate surface area is 309 Å². The summed E-state index contributed by atoms with van der Waals surface area (Å²) in [5, 5.41) is 14.1. The Hall–Kier alpha value is -5.08. The number of nitrogens with two attached hydrogens (primary N) is 1. The number of carbonyl (C=O) groups is 5. The Balaban J connectivity index is 0. The lowest BCUT2D eigenvalue weighted by molar-refractivity contribution is -0.141. The maximum absolute atomic E-state index is 14.2. The van der Waals surface area contributed by atoms with Gasteiger partial charge in [-0.1, -0.05) is 49.8 Å². The number of primary amides is 1. The zero-order valence-corrected chi connectivity index (χ0v) is 30.6. The monoisotopic (exact) mass is 729 g/mol. The predicted octanol–water partition coefficient (Wildman–Crippen LogP) is 3.89. The Kier molecular flexibility index (Phi) is 16.6. The average molecular weight is 730 g/mol. The van der Waals surface area contributed by atoms with E-state index in [9.17, 15) is 24.0 Å². The average Bonchev–Trinajstić information content (AvgIpc) is 3.68. The molecular weight excluding hydrogens is 670 g/mol. The van der Waals surface area contributed by atoms with E-state index in [0.717, 1.165) is 29.0 Å². The minimum atomic E-state index is -1.29. The number of fused-ring (bicyclic) bond motifs is 3. The number of aliphatic hydroxyl groups excluding tert-OH is 1. The molecule has 5 rings (SSSR count). The summed E-state index contributed by atoms with van der Waals surface area (Å²) in [6, 6.07) is 5.54. The molecule has 2 aliphatic heterocycles. The highest BCUT2D eigenvalue weighted by Gasteiger charge is 2.60. The molecule has 52 heavy (non-hydrogen) atoms. The number of carbonyl (C=O) groups excluding carboxylic acids is 5. The highest BCUT2D eigenvalue weighted by Crippen LogP contribution is 2.44. The van der Waals surface area contributed by atoms with E-state index in [1.165, 1.54) is 11.0 Å². The number of rotatable bonds is 8. The SMILES string of the molecule is C=C[C@@H]1C[C@]1(NC(=O)[C@@H]1C[C@@H]2CN1C(=O)[C@H](CCC(=O)C=C(C)C)NC(=O)OCCC/C=C/c1ccc3ccnc(c3c1)O2)C(N)=O.CC.CO.O.[HH].[HH].[HH]. The molecule has 14 heteroatoms. The molecule has 7 N–H and O–H groups in total. The van der Waals surface area contributed by atoms with E-state index < -0.39 is 47.5 Å². The normalized spacial score (nSPS) is 24.2. The molecule has 1 aromatic carbocycles. The third-order valence-corrected chi connectivity index (χ3v) is 8.74. The molecule has 0 unspecified atom stereocenters. The summed E-state index contributed by atoms with van der Waals surface area (Å²) in [6.45, 7) is 11.4. The topological polar surface area (TPSA) is 222 Å². The fourth-order valence-corrected chi connectivity index (χ4v) is 6.16. The largest absolute Gasteiger partial charge is 0.472 e. The third-order valence-electron chi connectivity index (χ3n) is 8.74. The Morgan fingerprint density at radius 2 is 1.94 bits per heavy atom. The Morgan fingerprint density at radius 3 is 2.60 bits per heavy atom. The van der Waals surface area contributed by atoms with Gasteiger partial charge in [0.1, 0.15) is 23.7 Å². The van der Waals surface area contributed by atoms with Gasteiger partial charge in [-0.25, -0.2) is 9.78 Å².